The maximum absolute atomic E-state index is 13.8. The van der Waals surface area contributed by atoms with E-state index in [9.17, 15) is 14.0 Å². The van der Waals surface area contributed by atoms with Crippen molar-refractivity contribution in [1.82, 2.24) is 19.7 Å². The monoisotopic (exact) mass is 404 g/mol. The molecule has 0 radical (unpaired) electrons. The Morgan fingerprint density at radius 2 is 2.17 bits per heavy atom. The number of rotatable bonds is 7. The highest BCUT2D eigenvalue weighted by Gasteiger charge is 2.22. The van der Waals surface area contributed by atoms with E-state index in [-0.39, 0.29) is 29.8 Å². The van der Waals surface area contributed by atoms with E-state index in [0.29, 0.717) is 37.4 Å². The van der Waals surface area contributed by atoms with Gasteiger partial charge in [-0.05, 0) is 42.9 Å². The molecular weight excluding hydrogens is 375 g/mol. The first-order chi connectivity index (χ1) is 13.9. The van der Waals surface area contributed by atoms with Gasteiger partial charge in [0, 0.05) is 25.6 Å². The summed E-state index contributed by atoms with van der Waals surface area (Å²) in [5.74, 6) is 0.821. The Morgan fingerprint density at radius 1 is 1.38 bits per heavy atom. The van der Waals surface area contributed by atoms with Gasteiger partial charge in [-0.1, -0.05) is 19.9 Å². The van der Waals surface area contributed by atoms with Gasteiger partial charge in [0.2, 0.25) is 5.91 Å². The van der Waals surface area contributed by atoms with Gasteiger partial charge in [0.05, 0.1) is 13.5 Å². The highest BCUT2D eigenvalue weighted by atomic mass is 19.1. The molecule has 2 heterocycles. The number of nitrogens with one attached hydrogen (secondary N) is 1. The lowest BCUT2D eigenvalue weighted by molar-refractivity contribution is -0.121. The molecule has 0 spiro atoms. The van der Waals surface area contributed by atoms with Crippen LogP contribution >= 0.6 is 0 Å². The molecule has 29 heavy (non-hydrogen) atoms. The highest BCUT2D eigenvalue weighted by Crippen LogP contribution is 2.18. The molecule has 1 aromatic carbocycles. The Kier molecular flexibility index (Phi) is 6.71. The van der Waals surface area contributed by atoms with Crippen molar-refractivity contribution in [2.75, 3.05) is 7.11 Å². The minimum atomic E-state index is -0.480. The lowest BCUT2D eigenvalue weighted by Crippen LogP contribution is -2.36. The minimum absolute atomic E-state index is 0.0317. The Balaban J connectivity index is 1.56. The second-order valence-electron chi connectivity index (χ2n) is 7.99. The Hall–Kier alpha value is -2.64. The number of nitrogens with zero attached hydrogens (tertiary/aromatic N) is 3. The first-order valence-electron chi connectivity index (χ1n) is 10.2. The van der Waals surface area contributed by atoms with E-state index >= 15 is 0 Å². The predicted molar refractivity (Wildman–Crippen MR) is 107 cm³/mol. The van der Waals surface area contributed by atoms with Crippen molar-refractivity contribution in [3.05, 3.63) is 45.9 Å². The molecule has 0 bridgehead atoms. The standard InChI is InChI=1S/C21H29FN4O3/c1-14(2)8-11-26-21(28)25-10-9-16(5-7-19(25)24-26)23-20(27)13-15-4-6-18(29-3)17(22)12-15/h4,6,12,14,16H,5,7-11,13H2,1-3H3,(H,23,27). The van der Waals surface area contributed by atoms with Gasteiger partial charge < -0.3 is 10.1 Å². The Bertz CT molecular complexity index is 919. The van der Waals surface area contributed by atoms with Gasteiger partial charge in [-0.15, -0.1) is 0 Å². The van der Waals surface area contributed by atoms with Crippen molar-refractivity contribution < 1.29 is 13.9 Å². The molecule has 1 unspecified atom stereocenters. The molecule has 0 aliphatic carbocycles. The third-order valence-electron chi connectivity index (χ3n) is 5.28. The number of benzene rings is 1. The summed E-state index contributed by atoms with van der Waals surface area (Å²) < 4.78 is 22.0. The Morgan fingerprint density at radius 3 is 2.86 bits per heavy atom. The van der Waals surface area contributed by atoms with E-state index in [1.54, 1.807) is 15.3 Å². The van der Waals surface area contributed by atoms with Gasteiger partial charge in [0.1, 0.15) is 5.82 Å². The summed E-state index contributed by atoms with van der Waals surface area (Å²) in [6.07, 6.45) is 3.06. The van der Waals surface area contributed by atoms with E-state index in [4.69, 9.17) is 4.74 Å². The molecule has 0 saturated heterocycles. The molecule has 7 nitrogen and oxygen atoms in total. The number of ether oxygens (including phenoxy) is 1. The lowest BCUT2D eigenvalue weighted by Gasteiger charge is -2.16. The second kappa shape index (κ2) is 9.24. The molecule has 158 valence electrons. The molecule has 1 aromatic heterocycles. The lowest BCUT2D eigenvalue weighted by atomic mass is 10.1. The summed E-state index contributed by atoms with van der Waals surface area (Å²) >= 11 is 0. The normalized spacial score (nSPS) is 16.4. The van der Waals surface area contributed by atoms with Crippen LogP contribution in [0, 0.1) is 11.7 Å². The fourth-order valence-corrected chi connectivity index (χ4v) is 3.58. The van der Waals surface area contributed by atoms with E-state index in [2.05, 4.69) is 24.3 Å². The third kappa shape index (κ3) is 5.25. The number of hydrogen-bond donors (Lipinski definition) is 1. The summed E-state index contributed by atoms with van der Waals surface area (Å²) in [5, 5.41) is 7.50. The van der Waals surface area contributed by atoms with Crippen LogP contribution in [0.3, 0.4) is 0 Å². The number of aryl methyl sites for hydroxylation is 2. The van der Waals surface area contributed by atoms with Crippen LogP contribution < -0.4 is 15.7 Å². The van der Waals surface area contributed by atoms with Gasteiger partial charge in [0.25, 0.3) is 0 Å². The van der Waals surface area contributed by atoms with E-state index in [1.807, 2.05) is 0 Å². The van der Waals surface area contributed by atoms with Gasteiger partial charge in [-0.3, -0.25) is 9.36 Å². The number of carbonyl (C=O) groups is 1. The average molecular weight is 404 g/mol. The zero-order valence-electron chi connectivity index (χ0n) is 17.3. The van der Waals surface area contributed by atoms with Gasteiger partial charge in [-0.2, -0.15) is 5.10 Å². The average Bonchev–Trinajstić information content (AvgIpc) is 2.83. The zero-order valence-corrected chi connectivity index (χ0v) is 17.3. The molecule has 1 N–H and O–H groups in total. The molecule has 0 saturated carbocycles. The first-order valence-corrected chi connectivity index (χ1v) is 10.2. The van der Waals surface area contributed by atoms with Crippen LogP contribution in [-0.4, -0.2) is 33.4 Å². The fraction of sp³-hybridized carbons (Fsp3) is 0.571. The van der Waals surface area contributed by atoms with E-state index < -0.39 is 5.82 Å². The van der Waals surface area contributed by atoms with Gasteiger partial charge >= 0.3 is 5.69 Å². The van der Waals surface area contributed by atoms with Crippen LogP contribution in [0.25, 0.3) is 0 Å². The van der Waals surface area contributed by atoms with Crippen LogP contribution in [0.15, 0.2) is 23.0 Å². The number of halogens is 1. The van der Waals surface area contributed by atoms with Crippen molar-refractivity contribution in [3.63, 3.8) is 0 Å². The number of hydrogen-bond acceptors (Lipinski definition) is 4. The first kappa shape index (κ1) is 21.1. The zero-order chi connectivity index (χ0) is 21.0. The fourth-order valence-electron chi connectivity index (χ4n) is 3.58. The van der Waals surface area contributed by atoms with Gasteiger partial charge in [0.15, 0.2) is 11.6 Å². The SMILES string of the molecule is COc1ccc(CC(=O)NC2CCc3nn(CCC(C)C)c(=O)n3CC2)cc1F. The molecule has 1 atom stereocenters. The molecular formula is C21H29FN4O3. The molecule has 8 heteroatoms. The van der Waals surface area contributed by atoms with E-state index in [0.717, 1.165) is 18.7 Å². The summed E-state index contributed by atoms with van der Waals surface area (Å²) in [7, 11) is 1.40. The quantitative estimate of drug-likeness (QED) is 0.768. The molecule has 2 aromatic rings. The van der Waals surface area contributed by atoms with Crippen LogP contribution in [0.2, 0.25) is 0 Å². The molecule has 1 amide bonds. The summed E-state index contributed by atoms with van der Waals surface area (Å²) in [6, 6.07) is 4.49. The van der Waals surface area contributed by atoms with Gasteiger partial charge in [-0.25, -0.2) is 13.9 Å². The molecule has 1 aliphatic heterocycles. The maximum Gasteiger partial charge on any atom is 0.345 e. The third-order valence-corrected chi connectivity index (χ3v) is 5.28. The van der Waals surface area contributed by atoms with Crippen molar-refractivity contribution in [2.24, 2.45) is 5.92 Å². The molecule has 1 aliphatic rings. The van der Waals surface area contributed by atoms with Crippen molar-refractivity contribution in [2.45, 2.75) is 65.1 Å². The highest BCUT2D eigenvalue weighted by molar-refractivity contribution is 5.78. The molecule has 3 rings (SSSR count). The number of fused-ring (bicyclic) bond motifs is 1. The molecule has 0 fully saturated rings. The van der Waals surface area contributed by atoms with Crippen LogP contribution in [0.1, 0.15) is 44.5 Å². The van der Waals surface area contributed by atoms with Crippen LogP contribution in [0.4, 0.5) is 4.39 Å². The topological polar surface area (TPSA) is 78.2 Å². The predicted octanol–water partition coefficient (Wildman–Crippen LogP) is 2.30. The summed E-state index contributed by atoms with van der Waals surface area (Å²) in [6.45, 7) is 5.42. The summed E-state index contributed by atoms with van der Waals surface area (Å²) in [4.78, 5) is 25.0. The smallest absolute Gasteiger partial charge is 0.345 e. The van der Waals surface area contributed by atoms with Crippen molar-refractivity contribution in [1.29, 1.82) is 0 Å². The number of carbonyl (C=O) groups excluding carboxylic acids is 1. The largest absolute Gasteiger partial charge is 0.494 e. The maximum atomic E-state index is 13.8. The Labute approximate surface area is 169 Å². The van der Waals surface area contributed by atoms with Crippen molar-refractivity contribution >= 4 is 5.91 Å². The van der Waals surface area contributed by atoms with E-state index in [1.165, 1.54) is 19.2 Å². The second-order valence-corrected chi connectivity index (χ2v) is 7.99. The minimum Gasteiger partial charge on any atom is -0.494 e. The van der Waals surface area contributed by atoms with Crippen molar-refractivity contribution in [3.8, 4) is 5.75 Å². The number of amides is 1. The number of aromatic nitrogens is 3. The number of methoxy groups -OCH3 is 1. The van der Waals surface area contributed by atoms with Crippen LogP contribution in [-0.2, 0) is 30.7 Å². The summed E-state index contributed by atoms with van der Waals surface area (Å²) in [5.41, 5.74) is 0.525. The van der Waals surface area contributed by atoms with Crippen LogP contribution in [0.5, 0.6) is 5.75 Å².